The van der Waals surface area contributed by atoms with Gasteiger partial charge in [-0.05, 0) is 54.6 Å². The van der Waals surface area contributed by atoms with Crippen molar-refractivity contribution < 1.29 is 9.84 Å². The molecule has 7 nitrogen and oxygen atoms in total. The molecule has 0 unspecified atom stereocenters. The number of ether oxygens (including phenoxy) is 1. The molecule has 30 heavy (non-hydrogen) atoms. The Labute approximate surface area is 174 Å². The van der Waals surface area contributed by atoms with E-state index in [2.05, 4.69) is 27.2 Å². The summed E-state index contributed by atoms with van der Waals surface area (Å²) in [5.74, 6) is 1.32. The normalized spacial score (nSPS) is 14.8. The number of methoxy groups -OCH3 is 1. The first-order valence-electron chi connectivity index (χ1n) is 9.89. The van der Waals surface area contributed by atoms with Crippen molar-refractivity contribution in [2.24, 2.45) is 7.05 Å². The fourth-order valence-electron chi connectivity index (χ4n) is 4.06. The Balaban J connectivity index is 1.47. The Hall–Kier alpha value is -3.45. The molecule has 0 saturated carbocycles. The molecule has 1 fully saturated rings. The SMILES string of the molecule is COc1cc(-c2ccc(-c3ccc(C4CN(C)C4)nn3)c(O)c2)cc2cn(C)nc12. The molecule has 5 rings (SSSR count). The highest BCUT2D eigenvalue weighted by Gasteiger charge is 2.26. The Kier molecular flexibility index (Phi) is 4.40. The van der Waals surface area contributed by atoms with Crippen LogP contribution in [0.1, 0.15) is 11.6 Å². The van der Waals surface area contributed by atoms with E-state index < -0.39 is 0 Å². The molecular formula is C23H23N5O2. The van der Waals surface area contributed by atoms with Gasteiger partial charge in [-0.3, -0.25) is 4.68 Å². The molecule has 1 aliphatic heterocycles. The van der Waals surface area contributed by atoms with Crippen LogP contribution in [-0.4, -0.2) is 57.2 Å². The fraction of sp³-hybridized carbons (Fsp3) is 0.261. The number of fused-ring (bicyclic) bond motifs is 1. The second-order valence-corrected chi connectivity index (χ2v) is 7.91. The van der Waals surface area contributed by atoms with Crippen LogP contribution in [0.4, 0.5) is 0 Å². The summed E-state index contributed by atoms with van der Waals surface area (Å²) in [6, 6.07) is 13.5. The van der Waals surface area contributed by atoms with Gasteiger partial charge in [0.2, 0.25) is 0 Å². The summed E-state index contributed by atoms with van der Waals surface area (Å²) >= 11 is 0. The number of benzene rings is 2. The van der Waals surface area contributed by atoms with E-state index in [1.165, 1.54) is 0 Å². The van der Waals surface area contributed by atoms with Crippen molar-refractivity contribution in [3.8, 4) is 33.9 Å². The summed E-state index contributed by atoms with van der Waals surface area (Å²) in [5.41, 5.74) is 4.99. The first kappa shape index (κ1) is 18.6. The third-order valence-corrected chi connectivity index (χ3v) is 5.68. The van der Waals surface area contributed by atoms with E-state index in [-0.39, 0.29) is 5.75 Å². The highest BCUT2D eigenvalue weighted by molar-refractivity contribution is 5.90. The zero-order valence-electron chi connectivity index (χ0n) is 17.2. The van der Waals surface area contributed by atoms with E-state index in [1.54, 1.807) is 17.9 Å². The molecule has 0 bridgehead atoms. The molecule has 1 saturated heterocycles. The average molecular weight is 401 g/mol. The number of aromatic hydroxyl groups is 1. The Bertz CT molecular complexity index is 1230. The molecule has 0 amide bonds. The molecule has 3 heterocycles. The highest BCUT2D eigenvalue weighted by atomic mass is 16.5. The van der Waals surface area contributed by atoms with Crippen molar-refractivity contribution in [3.05, 3.63) is 54.4 Å². The molecule has 7 heteroatoms. The van der Waals surface area contributed by atoms with Gasteiger partial charge in [0.05, 0.1) is 18.5 Å². The first-order valence-corrected chi connectivity index (χ1v) is 9.89. The number of phenolic OH excluding ortho intramolecular Hbond substituents is 1. The number of hydrogen-bond donors (Lipinski definition) is 1. The van der Waals surface area contributed by atoms with E-state index in [0.717, 1.165) is 40.8 Å². The molecule has 1 N–H and O–H groups in total. The summed E-state index contributed by atoms with van der Waals surface area (Å²) < 4.78 is 7.28. The van der Waals surface area contributed by atoms with E-state index in [0.29, 0.717) is 22.9 Å². The lowest BCUT2D eigenvalue weighted by Gasteiger charge is -2.35. The summed E-state index contributed by atoms with van der Waals surface area (Å²) in [4.78, 5) is 2.25. The van der Waals surface area contributed by atoms with Gasteiger partial charge in [0.15, 0.2) is 0 Å². The zero-order valence-corrected chi connectivity index (χ0v) is 17.2. The Morgan fingerprint density at radius 3 is 2.50 bits per heavy atom. The highest BCUT2D eigenvalue weighted by Crippen LogP contribution is 2.36. The third kappa shape index (κ3) is 3.17. The number of aromatic nitrogens is 4. The van der Waals surface area contributed by atoms with Crippen molar-refractivity contribution >= 4 is 10.9 Å². The monoisotopic (exact) mass is 401 g/mol. The van der Waals surface area contributed by atoms with Crippen LogP contribution in [0.15, 0.2) is 48.7 Å². The van der Waals surface area contributed by atoms with Gasteiger partial charge in [-0.15, -0.1) is 0 Å². The lowest BCUT2D eigenvalue weighted by molar-refractivity contribution is 0.186. The number of likely N-dealkylation sites (N-methyl/N-ethyl adjacent to an activating group) is 1. The van der Waals surface area contributed by atoms with Crippen LogP contribution in [0, 0.1) is 0 Å². The fourth-order valence-corrected chi connectivity index (χ4v) is 4.06. The second kappa shape index (κ2) is 7.11. The summed E-state index contributed by atoms with van der Waals surface area (Å²) in [6.07, 6.45) is 1.95. The van der Waals surface area contributed by atoms with Crippen LogP contribution in [0.3, 0.4) is 0 Å². The Morgan fingerprint density at radius 2 is 1.83 bits per heavy atom. The lowest BCUT2D eigenvalue weighted by Crippen LogP contribution is -2.42. The maximum atomic E-state index is 10.7. The van der Waals surface area contributed by atoms with Crippen LogP contribution in [-0.2, 0) is 7.05 Å². The predicted octanol–water partition coefficient (Wildman–Crippen LogP) is 3.44. The molecule has 2 aromatic carbocycles. The van der Waals surface area contributed by atoms with Gasteiger partial charge in [0.25, 0.3) is 0 Å². The zero-order chi connectivity index (χ0) is 20.8. The molecule has 1 aliphatic rings. The van der Waals surface area contributed by atoms with Gasteiger partial charge < -0.3 is 14.7 Å². The molecular weight excluding hydrogens is 378 g/mol. The van der Waals surface area contributed by atoms with Gasteiger partial charge in [-0.2, -0.15) is 15.3 Å². The van der Waals surface area contributed by atoms with Crippen molar-refractivity contribution in [3.63, 3.8) is 0 Å². The standard InChI is InChI=1S/C23H23N5O2/c1-27-11-17(12-27)19-6-7-20(25-24-19)18-5-4-14(9-21(18)29)15-8-16-13-28(2)26-23(16)22(10-15)30-3/h4-10,13,17,29H,11-12H2,1-3H3. The van der Waals surface area contributed by atoms with Crippen LogP contribution in [0.5, 0.6) is 11.5 Å². The molecule has 0 aliphatic carbocycles. The van der Waals surface area contributed by atoms with E-state index >= 15 is 0 Å². The Morgan fingerprint density at radius 1 is 1.00 bits per heavy atom. The van der Waals surface area contributed by atoms with Gasteiger partial charge in [-0.1, -0.05) is 6.07 Å². The summed E-state index contributed by atoms with van der Waals surface area (Å²) in [5, 5.41) is 24.9. The maximum absolute atomic E-state index is 10.7. The van der Waals surface area contributed by atoms with E-state index in [1.807, 2.05) is 49.6 Å². The van der Waals surface area contributed by atoms with Gasteiger partial charge in [0.1, 0.15) is 17.0 Å². The lowest BCUT2D eigenvalue weighted by atomic mass is 9.96. The number of phenols is 1. The van der Waals surface area contributed by atoms with Crippen molar-refractivity contribution in [2.45, 2.75) is 5.92 Å². The van der Waals surface area contributed by atoms with Crippen LogP contribution < -0.4 is 4.74 Å². The summed E-state index contributed by atoms with van der Waals surface area (Å²) in [7, 11) is 5.62. The molecule has 0 spiro atoms. The molecule has 4 aromatic rings. The van der Waals surface area contributed by atoms with Gasteiger partial charge >= 0.3 is 0 Å². The van der Waals surface area contributed by atoms with E-state index in [9.17, 15) is 5.11 Å². The second-order valence-electron chi connectivity index (χ2n) is 7.91. The van der Waals surface area contributed by atoms with Crippen molar-refractivity contribution in [1.82, 2.24) is 24.9 Å². The minimum Gasteiger partial charge on any atom is -0.507 e. The minimum atomic E-state index is 0.170. The summed E-state index contributed by atoms with van der Waals surface area (Å²) in [6.45, 7) is 2.03. The maximum Gasteiger partial charge on any atom is 0.147 e. The first-order chi connectivity index (χ1) is 14.5. The predicted molar refractivity (Wildman–Crippen MR) is 116 cm³/mol. The van der Waals surface area contributed by atoms with Crippen molar-refractivity contribution in [1.29, 1.82) is 0 Å². The van der Waals surface area contributed by atoms with Crippen molar-refractivity contribution in [2.75, 3.05) is 27.2 Å². The van der Waals surface area contributed by atoms with Crippen LogP contribution in [0.2, 0.25) is 0 Å². The number of nitrogens with zero attached hydrogens (tertiary/aromatic N) is 5. The number of hydrogen-bond acceptors (Lipinski definition) is 6. The number of rotatable bonds is 4. The van der Waals surface area contributed by atoms with Crippen LogP contribution in [0.25, 0.3) is 33.3 Å². The minimum absolute atomic E-state index is 0.170. The number of aryl methyl sites for hydroxylation is 1. The number of likely N-dealkylation sites (tertiary alicyclic amines) is 1. The molecule has 2 aromatic heterocycles. The van der Waals surface area contributed by atoms with Gasteiger partial charge in [-0.25, -0.2) is 0 Å². The largest absolute Gasteiger partial charge is 0.507 e. The molecule has 0 atom stereocenters. The third-order valence-electron chi connectivity index (χ3n) is 5.68. The topological polar surface area (TPSA) is 76.3 Å². The van der Waals surface area contributed by atoms with E-state index in [4.69, 9.17) is 4.74 Å². The quantitative estimate of drug-likeness (QED) is 0.565. The molecule has 0 radical (unpaired) electrons. The smallest absolute Gasteiger partial charge is 0.147 e. The molecule has 152 valence electrons. The van der Waals surface area contributed by atoms with Crippen LogP contribution >= 0.6 is 0 Å². The average Bonchev–Trinajstić information content (AvgIpc) is 3.11. The van der Waals surface area contributed by atoms with Gasteiger partial charge in [0, 0.05) is 43.2 Å².